The van der Waals surface area contributed by atoms with E-state index in [0.29, 0.717) is 12.5 Å². The van der Waals surface area contributed by atoms with Crippen molar-refractivity contribution in [1.82, 2.24) is 15.0 Å². The first-order valence-electron chi connectivity index (χ1n) is 5.80. The van der Waals surface area contributed by atoms with Gasteiger partial charge in [-0.15, -0.1) is 11.3 Å². The van der Waals surface area contributed by atoms with E-state index in [4.69, 9.17) is 4.74 Å². The van der Waals surface area contributed by atoms with Gasteiger partial charge in [0.1, 0.15) is 11.6 Å². The quantitative estimate of drug-likeness (QED) is 0.730. The lowest BCUT2D eigenvalue weighted by molar-refractivity contribution is 0.293. The zero-order chi connectivity index (χ0) is 12.9. The van der Waals surface area contributed by atoms with Gasteiger partial charge in [-0.2, -0.15) is 0 Å². The van der Waals surface area contributed by atoms with Crippen LogP contribution in [-0.4, -0.2) is 15.0 Å². The summed E-state index contributed by atoms with van der Waals surface area (Å²) < 4.78 is 5.56. The zero-order valence-electron chi connectivity index (χ0n) is 10.1. The molecule has 0 amide bonds. The van der Waals surface area contributed by atoms with Gasteiger partial charge in [0.15, 0.2) is 0 Å². The molecule has 4 nitrogen and oxygen atoms in total. The van der Waals surface area contributed by atoms with Crippen LogP contribution in [0.2, 0.25) is 0 Å². The molecule has 0 unspecified atom stereocenters. The number of hydrogen-bond acceptors (Lipinski definition) is 5. The number of pyridine rings is 2. The highest BCUT2D eigenvalue weighted by molar-refractivity contribution is 7.09. The summed E-state index contributed by atoms with van der Waals surface area (Å²) in [6.45, 7) is 0.452. The SMILES string of the molecule is c1ccc(-c2ccc(OCc3nccs3)nc2)nc1. The van der Waals surface area contributed by atoms with E-state index < -0.39 is 0 Å². The van der Waals surface area contributed by atoms with Crippen molar-refractivity contribution in [3.05, 3.63) is 59.3 Å². The average Bonchev–Trinajstić information content (AvgIpc) is 3.00. The molecule has 0 saturated carbocycles. The first-order chi connectivity index (χ1) is 9.42. The molecule has 0 aliphatic carbocycles. The maximum Gasteiger partial charge on any atom is 0.213 e. The van der Waals surface area contributed by atoms with Gasteiger partial charge in [-0.25, -0.2) is 9.97 Å². The van der Waals surface area contributed by atoms with E-state index >= 15 is 0 Å². The van der Waals surface area contributed by atoms with Crippen molar-refractivity contribution < 1.29 is 4.74 Å². The summed E-state index contributed by atoms with van der Waals surface area (Å²) in [5, 5.41) is 2.87. The molecule has 19 heavy (non-hydrogen) atoms. The van der Waals surface area contributed by atoms with E-state index in [0.717, 1.165) is 16.3 Å². The van der Waals surface area contributed by atoms with Crippen molar-refractivity contribution in [2.75, 3.05) is 0 Å². The van der Waals surface area contributed by atoms with Crippen LogP contribution >= 0.6 is 11.3 Å². The summed E-state index contributed by atoms with van der Waals surface area (Å²) in [6.07, 6.45) is 5.29. The van der Waals surface area contributed by atoms with Crippen molar-refractivity contribution in [1.29, 1.82) is 0 Å². The molecule has 0 bridgehead atoms. The third kappa shape index (κ3) is 2.95. The fourth-order valence-electron chi connectivity index (χ4n) is 1.61. The summed E-state index contributed by atoms with van der Waals surface area (Å²) in [6, 6.07) is 9.59. The van der Waals surface area contributed by atoms with Crippen LogP contribution in [0.4, 0.5) is 0 Å². The van der Waals surface area contributed by atoms with Crippen LogP contribution in [0.25, 0.3) is 11.3 Å². The minimum Gasteiger partial charge on any atom is -0.470 e. The molecule has 3 heterocycles. The van der Waals surface area contributed by atoms with Crippen LogP contribution in [0.5, 0.6) is 5.88 Å². The average molecular weight is 269 g/mol. The molecule has 0 saturated heterocycles. The van der Waals surface area contributed by atoms with Gasteiger partial charge < -0.3 is 4.74 Å². The first kappa shape index (κ1) is 11.8. The van der Waals surface area contributed by atoms with Crippen molar-refractivity contribution in [2.45, 2.75) is 6.61 Å². The summed E-state index contributed by atoms with van der Waals surface area (Å²) in [4.78, 5) is 12.7. The minimum absolute atomic E-state index is 0.452. The van der Waals surface area contributed by atoms with Gasteiger partial charge in [0, 0.05) is 35.6 Å². The lowest BCUT2D eigenvalue weighted by Crippen LogP contribution is -1.96. The van der Waals surface area contributed by atoms with E-state index in [1.165, 1.54) is 0 Å². The second-order valence-electron chi connectivity index (χ2n) is 3.81. The Bertz CT molecular complexity index is 624. The molecular weight excluding hydrogens is 258 g/mol. The molecule has 3 rings (SSSR count). The molecule has 0 N–H and O–H groups in total. The molecule has 0 fully saturated rings. The van der Waals surface area contributed by atoms with Gasteiger partial charge in [-0.05, 0) is 18.2 Å². The third-order valence-electron chi connectivity index (χ3n) is 2.52. The Labute approximate surface area is 114 Å². The minimum atomic E-state index is 0.452. The molecule has 0 atom stereocenters. The summed E-state index contributed by atoms with van der Waals surface area (Å²) in [7, 11) is 0. The van der Waals surface area contributed by atoms with Crippen LogP contribution < -0.4 is 4.74 Å². The number of rotatable bonds is 4. The van der Waals surface area contributed by atoms with E-state index in [1.807, 2.05) is 35.7 Å². The number of ether oxygens (including phenoxy) is 1. The van der Waals surface area contributed by atoms with Crippen molar-refractivity contribution >= 4 is 11.3 Å². The highest BCUT2D eigenvalue weighted by atomic mass is 32.1. The van der Waals surface area contributed by atoms with E-state index in [1.54, 1.807) is 29.9 Å². The maximum absolute atomic E-state index is 5.56. The van der Waals surface area contributed by atoms with Crippen molar-refractivity contribution in [2.24, 2.45) is 0 Å². The van der Waals surface area contributed by atoms with E-state index in [-0.39, 0.29) is 0 Å². The van der Waals surface area contributed by atoms with E-state index in [9.17, 15) is 0 Å². The first-order valence-corrected chi connectivity index (χ1v) is 6.68. The highest BCUT2D eigenvalue weighted by Gasteiger charge is 2.02. The Hall–Kier alpha value is -2.27. The van der Waals surface area contributed by atoms with Crippen LogP contribution in [-0.2, 0) is 6.61 Å². The lowest BCUT2D eigenvalue weighted by Gasteiger charge is -2.04. The molecule has 94 valence electrons. The predicted octanol–water partition coefficient (Wildman–Crippen LogP) is 3.18. The second-order valence-corrected chi connectivity index (χ2v) is 4.79. The largest absolute Gasteiger partial charge is 0.470 e. The number of aromatic nitrogens is 3. The smallest absolute Gasteiger partial charge is 0.213 e. The topological polar surface area (TPSA) is 47.9 Å². The molecule has 5 heteroatoms. The summed E-state index contributed by atoms with van der Waals surface area (Å²) in [5.74, 6) is 0.592. The molecule has 3 aromatic rings. The van der Waals surface area contributed by atoms with Gasteiger partial charge in [-0.3, -0.25) is 4.98 Å². The molecule has 0 aliphatic heterocycles. The molecule has 0 aliphatic rings. The van der Waals surface area contributed by atoms with Crippen molar-refractivity contribution in [3.8, 4) is 17.1 Å². The van der Waals surface area contributed by atoms with Crippen molar-refractivity contribution in [3.63, 3.8) is 0 Å². The van der Waals surface area contributed by atoms with Gasteiger partial charge in [0.2, 0.25) is 5.88 Å². The van der Waals surface area contributed by atoms with Gasteiger partial charge in [-0.1, -0.05) is 6.07 Å². The third-order valence-corrected chi connectivity index (χ3v) is 3.28. The Morgan fingerprint density at radius 2 is 2.00 bits per heavy atom. The molecule has 0 aromatic carbocycles. The maximum atomic E-state index is 5.56. The summed E-state index contributed by atoms with van der Waals surface area (Å²) >= 11 is 1.57. The monoisotopic (exact) mass is 269 g/mol. The fourth-order valence-corrected chi connectivity index (χ4v) is 2.14. The predicted molar refractivity (Wildman–Crippen MR) is 73.9 cm³/mol. The van der Waals surface area contributed by atoms with Crippen LogP contribution in [0.15, 0.2) is 54.3 Å². The normalized spacial score (nSPS) is 10.3. The Kier molecular flexibility index (Phi) is 3.47. The standard InChI is InChI=1S/C14H11N3OS/c1-2-6-15-12(3-1)11-4-5-13(17-9-11)18-10-14-16-7-8-19-14/h1-9H,10H2. The van der Waals surface area contributed by atoms with Gasteiger partial charge in [0.25, 0.3) is 0 Å². The molecule has 3 aromatic heterocycles. The van der Waals surface area contributed by atoms with Crippen LogP contribution in [0, 0.1) is 0 Å². The lowest BCUT2D eigenvalue weighted by atomic mass is 10.2. The highest BCUT2D eigenvalue weighted by Crippen LogP contribution is 2.18. The van der Waals surface area contributed by atoms with Gasteiger partial charge in [0.05, 0.1) is 5.69 Å². The summed E-state index contributed by atoms with van der Waals surface area (Å²) in [5.41, 5.74) is 1.88. The molecule has 0 spiro atoms. The van der Waals surface area contributed by atoms with E-state index in [2.05, 4.69) is 15.0 Å². The Balaban J connectivity index is 1.69. The second kappa shape index (κ2) is 5.58. The Morgan fingerprint density at radius 1 is 1.00 bits per heavy atom. The van der Waals surface area contributed by atoms with Crippen LogP contribution in [0.3, 0.4) is 0 Å². The number of hydrogen-bond donors (Lipinski definition) is 0. The van der Waals surface area contributed by atoms with Crippen LogP contribution in [0.1, 0.15) is 5.01 Å². The molecular formula is C14H11N3OS. The fraction of sp³-hybridized carbons (Fsp3) is 0.0714. The number of nitrogens with zero attached hydrogens (tertiary/aromatic N) is 3. The zero-order valence-corrected chi connectivity index (χ0v) is 10.9. The Morgan fingerprint density at radius 3 is 2.68 bits per heavy atom. The van der Waals surface area contributed by atoms with Gasteiger partial charge >= 0.3 is 0 Å². The number of thiazole rings is 1. The molecule has 0 radical (unpaired) electrons.